The highest BCUT2D eigenvalue weighted by Crippen LogP contribution is 2.19. The van der Waals surface area contributed by atoms with E-state index in [4.69, 9.17) is 21.1 Å². The lowest BCUT2D eigenvalue weighted by atomic mass is 10.1. The lowest BCUT2D eigenvalue weighted by molar-refractivity contribution is -0.123. The summed E-state index contributed by atoms with van der Waals surface area (Å²) in [6.07, 6.45) is 7.64. The second-order valence-electron chi connectivity index (χ2n) is 7.17. The Morgan fingerprint density at radius 1 is 1.32 bits per heavy atom. The first kappa shape index (κ1) is 22.1. The monoisotopic (exact) mass is 419 g/mol. The number of carbonyl (C=O) groups excluding carboxylic acids is 1. The summed E-state index contributed by atoms with van der Waals surface area (Å²) in [6, 6.07) is 15.9. The second kappa shape index (κ2) is 11.0. The molecule has 2 heterocycles. The van der Waals surface area contributed by atoms with Crippen LogP contribution in [0.15, 0.2) is 54.7 Å². The third-order valence-electron chi connectivity index (χ3n) is 5.02. The predicted molar refractivity (Wildman–Crippen MR) is 120 cm³/mol. The maximum Gasteiger partial charge on any atom is 0.290 e. The number of hydrogen-bond acceptors (Lipinski definition) is 4. The number of amides is 1. The molecule has 0 bridgehead atoms. The number of rotatable bonds is 5. The van der Waals surface area contributed by atoms with Crippen molar-refractivity contribution >= 4 is 29.0 Å². The fraction of sp³-hybridized carbons (Fsp3) is 0.250. The molecule has 7 heteroatoms. The number of H-pyrrole nitrogens is 1. The minimum atomic E-state index is -0.250. The maximum atomic E-state index is 12.4. The lowest BCUT2D eigenvalue weighted by Crippen LogP contribution is -2.43. The quantitative estimate of drug-likeness (QED) is 0.436. The van der Waals surface area contributed by atoms with Gasteiger partial charge in [-0.1, -0.05) is 24.1 Å². The van der Waals surface area contributed by atoms with E-state index in [1.54, 1.807) is 0 Å². The standard InChI is InChI=1S/C23H23N3O2.CH2O2/c1-2-18-5-3-4-6-22(18)25-23(27)14-20-16-26(11-12-28-20)15-17-7-8-21-19(13-17)9-10-24-21;2-1-3/h1,3-10,13,20,24H,11-12,14-16H2,(H,25,27);1H,(H,2,3)/t20-;/m0./s1. The van der Waals surface area contributed by atoms with Gasteiger partial charge in [-0.05, 0) is 41.3 Å². The normalized spacial score (nSPS) is 16.0. The molecule has 0 spiro atoms. The van der Waals surface area contributed by atoms with Crippen LogP contribution < -0.4 is 5.32 Å². The van der Waals surface area contributed by atoms with E-state index in [2.05, 4.69) is 45.4 Å². The van der Waals surface area contributed by atoms with Gasteiger partial charge < -0.3 is 20.1 Å². The van der Waals surface area contributed by atoms with Crippen LogP contribution >= 0.6 is 0 Å². The van der Waals surface area contributed by atoms with E-state index in [-0.39, 0.29) is 18.5 Å². The zero-order valence-electron chi connectivity index (χ0n) is 17.1. The molecule has 3 N–H and O–H groups in total. The van der Waals surface area contributed by atoms with Gasteiger partial charge in [0.1, 0.15) is 0 Å². The van der Waals surface area contributed by atoms with Crippen LogP contribution in [0.3, 0.4) is 0 Å². The molecule has 1 aliphatic rings. The van der Waals surface area contributed by atoms with Gasteiger partial charge in [0.15, 0.2) is 0 Å². The third-order valence-corrected chi connectivity index (χ3v) is 5.02. The molecule has 1 amide bonds. The van der Waals surface area contributed by atoms with Crippen LogP contribution in [0.4, 0.5) is 5.69 Å². The summed E-state index contributed by atoms with van der Waals surface area (Å²) in [5, 5.41) is 11.0. The molecule has 3 aromatic rings. The van der Waals surface area contributed by atoms with Crippen LogP contribution in [0, 0.1) is 12.3 Å². The van der Waals surface area contributed by atoms with Gasteiger partial charge in [-0.3, -0.25) is 14.5 Å². The summed E-state index contributed by atoms with van der Waals surface area (Å²) in [6.45, 7) is 2.83. The minimum absolute atomic E-state index is 0.0803. The first-order chi connectivity index (χ1) is 15.1. The average molecular weight is 419 g/mol. The van der Waals surface area contributed by atoms with Gasteiger partial charge in [0, 0.05) is 36.9 Å². The Balaban J connectivity index is 0.000000858. The second-order valence-corrected chi connectivity index (χ2v) is 7.17. The highest BCUT2D eigenvalue weighted by molar-refractivity contribution is 5.92. The molecule has 4 rings (SSSR count). The molecule has 1 saturated heterocycles. The molecular formula is C24H25N3O4. The van der Waals surface area contributed by atoms with Gasteiger partial charge in [-0.15, -0.1) is 6.42 Å². The Hall–Kier alpha value is -3.60. The van der Waals surface area contributed by atoms with Gasteiger partial charge in [0.25, 0.3) is 6.47 Å². The van der Waals surface area contributed by atoms with Crippen LogP contribution in [0.2, 0.25) is 0 Å². The predicted octanol–water partition coefficient (Wildman–Crippen LogP) is 3.08. The molecule has 7 nitrogen and oxygen atoms in total. The summed E-state index contributed by atoms with van der Waals surface area (Å²) in [5.41, 5.74) is 3.76. The molecule has 1 fully saturated rings. The van der Waals surface area contributed by atoms with Crippen LogP contribution in [0.25, 0.3) is 10.9 Å². The number of anilines is 1. The van der Waals surface area contributed by atoms with E-state index in [9.17, 15) is 4.79 Å². The van der Waals surface area contributed by atoms with Gasteiger partial charge in [-0.2, -0.15) is 0 Å². The van der Waals surface area contributed by atoms with Gasteiger partial charge >= 0.3 is 0 Å². The SMILES string of the molecule is C#Cc1ccccc1NC(=O)C[C@H]1CN(Cc2ccc3[nH]ccc3c2)CCO1.O=CO. The van der Waals surface area contributed by atoms with Crippen molar-refractivity contribution in [3.05, 3.63) is 65.9 Å². The summed E-state index contributed by atoms with van der Waals surface area (Å²) in [7, 11) is 0. The lowest BCUT2D eigenvalue weighted by Gasteiger charge is -2.32. The average Bonchev–Trinajstić information content (AvgIpc) is 3.23. The smallest absolute Gasteiger partial charge is 0.290 e. The number of nitrogens with zero attached hydrogens (tertiary/aromatic N) is 1. The third kappa shape index (κ3) is 6.19. The number of nitrogens with one attached hydrogen (secondary N) is 2. The fourth-order valence-electron chi connectivity index (χ4n) is 3.63. The molecule has 0 aliphatic carbocycles. The number of aromatic nitrogens is 1. The van der Waals surface area contributed by atoms with Crippen LogP contribution in [-0.2, 0) is 20.9 Å². The zero-order valence-corrected chi connectivity index (χ0v) is 17.1. The maximum absolute atomic E-state index is 12.4. The molecule has 1 atom stereocenters. The van der Waals surface area contributed by atoms with E-state index in [0.717, 1.165) is 25.2 Å². The fourth-order valence-corrected chi connectivity index (χ4v) is 3.63. The van der Waals surface area contributed by atoms with E-state index >= 15 is 0 Å². The van der Waals surface area contributed by atoms with E-state index in [1.165, 1.54) is 10.9 Å². The molecule has 1 aromatic heterocycles. The number of benzene rings is 2. The highest BCUT2D eigenvalue weighted by Gasteiger charge is 2.23. The van der Waals surface area contributed by atoms with Gasteiger partial charge in [0.2, 0.25) is 5.91 Å². The van der Waals surface area contributed by atoms with Crippen molar-refractivity contribution < 1.29 is 19.4 Å². The van der Waals surface area contributed by atoms with Gasteiger partial charge in [0.05, 0.1) is 24.8 Å². The van der Waals surface area contributed by atoms with Crippen molar-refractivity contribution in [2.24, 2.45) is 0 Å². The molecular weight excluding hydrogens is 394 g/mol. The van der Waals surface area contributed by atoms with Gasteiger partial charge in [-0.25, -0.2) is 0 Å². The molecule has 0 unspecified atom stereocenters. The molecule has 2 aromatic carbocycles. The summed E-state index contributed by atoms with van der Waals surface area (Å²) < 4.78 is 5.82. The van der Waals surface area contributed by atoms with Crippen molar-refractivity contribution in [3.63, 3.8) is 0 Å². The molecule has 31 heavy (non-hydrogen) atoms. The van der Waals surface area contributed by atoms with E-state index in [0.29, 0.717) is 24.3 Å². The van der Waals surface area contributed by atoms with Crippen molar-refractivity contribution in [2.45, 2.75) is 19.1 Å². The molecule has 160 valence electrons. The molecule has 0 saturated carbocycles. The minimum Gasteiger partial charge on any atom is -0.483 e. The number of ether oxygens (including phenoxy) is 1. The number of carboxylic acid groups (broad SMARTS) is 1. The van der Waals surface area contributed by atoms with Crippen LogP contribution in [0.1, 0.15) is 17.5 Å². The Bertz CT molecular complexity index is 1070. The van der Waals surface area contributed by atoms with Crippen LogP contribution in [0.5, 0.6) is 0 Å². The number of hydrogen-bond donors (Lipinski definition) is 3. The Labute approximate surface area is 181 Å². The Morgan fingerprint density at radius 3 is 2.94 bits per heavy atom. The molecule has 0 radical (unpaired) electrons. The number of terminal acetylenes is 1. The van der Waals surface area contributed by atoms with E-state index in [1.807, 2.05) is 30.5 Å². The summed E-state index contributed by atoms with van der Waals surface area (Å²) in [4.78, 5) is 26.4. The number of carbonyl (C=O) groups is 2. The summed E-state index contributed by atoms with van der Waals surface area (Å²) >= 11 is 0. The number of para-hydroxylation sites is 1. The molecule has 1 aliphatic heterocycles. The number of morpholine rings is 1. The largest absolute Gasteiger partial charge is 0.483 e. The number of aromatic amines is 1. The van der Waals surface area contributed by atoms with Crippen molar-refractivity contribution in [1.82, 2.24) is 9.88 Å². The summed E-state index contributed by atoms with van der Waals surface area (Å²) in [5.74, 6) is 2.51. The topological polar surface area (TPSA) is 94.7 Å². The van der Waals surface area contributed by atoms with Crippen molar-refractivity contribution in [2.75, 3.05) is 25.0 Å². The van der Waals surface area contributed by atoms with E-state index < -0.39 is 0 Å². The van der Waals surface area contributed by atoms with Crippen molar-refractivity contribution in [3.8, 4) is 12.3 Å². The first-order valence-corrected chi connectivity index (χ1v) is 9.96. The van der Waals surface area contributed by atoms with Crippen LogP contribution in [-0.4, -0.2) is 53.2 Å². The first-order valence-electron chi connectivity index (χ1n) is 9.96. The van der Waals surface area contributed by atoms with Crippen molar-refractivity contribution in [1.29, 1.82) is 0 Å². The Kier molecular flexibility index (Phi) is 7.82. The Morgan fingerprint density at radius 2 is 2.13 bits per heavy atom. The highest BCUT2D eigenvalue weighted by atomic mass is 16.5. The zero-order chi connectivity index (χ0) is 22.1. The number of fused-ring (bicyclic) bond motifs is 1.